The van der Waals surface area contributed by atoms with Crippen LogP contribution in [0.5, 0.6) is 0 Å². The molecule has 1 amide bonds. The molecule has 1 aliphatic rings. The Hall–Kier alpha value is -1.63. The lowest BCUT2D eigenvalue weighted by Crippen LogP contribution is -2.47. The van der Waals surface area contributed by atoms with Gasteiger partial charge in [-0.2, -0.15) is 0 Å². The molecule has 2 N–H and O–H groups in total. The van der Waals surface area contributed by atoms with Crippen molar-refractivity contribution >= 4 is 30.0 Å². The zero-order chi connectivity index (χ0) is 16.9. The highest BCUT2D eigenvalue weighted by molar-refractivity contribution is 5.97. The first-order valence-electron chi connectivity index (χ1n) is 7.72. The highest BCUT2D eigenvalue weighted by Gasteiger charge is 2.39. The fourth-order valence-electron chi connectivity index (χ4n) is 2.96. The van der Waals surface area contributed by atoms with E-state index < -0.39 is 5.41 Å². The molecule has 1 heterocycles. The number of esters is 1. The summed E-state index contributed by atoms with van der Waals surface area (Å²) in [5.41, 5.74) is 1.43. The first kappa shape index (κ1) is 20.4. The molecule has 0 atom stereocenters. The summed E-state index contributed by atoms with van der Waals surface area (Å²) in [6.07, 6.45) is 1.48. The molecule has 1 fully saturated rings. The number of methoxy groups -OCH3 is 2. The summed E-state index contributed by atoms with van der Waals surface area (Å²) < 4.78 is 10.0. The predicted octanol–water partition coefficient (Wildman–Crippen LogP) is 2.16. The second-order valence-electron chi connectivity index (χ2n) is 5.94. The predicted molar refractivity (Wildman–Crippen MR) is 94.8 cm³/mol. The molecule has 0 aromatic heterocycles. The van der Waals surface area contributed by atoms with Crippen molar-refractivity contribution in [3.63, 3.8) is 0 Å². The van der Waals surface area contributed by atoms with Crippen molar-refractivity contribution in [2.45, 2.75) is 19.8 Å². The van der Waals surface area contributed by atoms with Crippen LogP contribution in [0.2, 0.25) is 0 Å². The number of hydrogen-bond acceptors (Lipinski definition) is 5. The molecule has 0 unspecified atom stereocenters. The van der Waals surface area contributed by atoms with E-state index in [-0.39, 0.29) is 24.3 Å². The number of benzene rings is 1. The molecule has 0 radical (unpaired) electrons. The van der Waals surface area contributed by atoms with Crippen molar-refractivity contribution in [1.82, 2.24) is 5.32 Å². The number of hydrogen-bond donors (Lipinski definition) is 2. The Labute approximate surface area is 148 Å². The second kappa shape index (κ2) is 9.01. The molecule has 0 spiro atoms. The van der Waals surface area contributed by atoms with Gasteiger partial charge in [0.2, 0.25) is 5.91 Å². The van der Waals surface area contributed by atoms with Gasteiger partial charge in [0.15, 0.2) is 0 Å². The summed E-state index contributed by atoms with van der Waals surface area (Å²) >= 11 is 0. The number of rotatable bonds is 5. The maximum atomic E-state index is 12.8. The number of piperidine rings is 1. The number of amides is 1. The summed E-state index contributed by atoms with van der Waals surface area (Å²) in [6.45, 7) is 3.82. The number of halogens is 1. The van der Waals surface area contributed by atoms with E-state index in [9.17, 15) is 9.59 Å². The smallest absolute Gasteiger partial charge is 0.338 e. The van der Waals surface area contributed by atoms with Crippen LogP contribution >= 0.6 is 12.4 Å². The first-order valence-corrected chi connectivity index (χ1v) is 7.72. The van der Waals surface area contributed by atoms with E-state index in [4.69, 9.17) is 9.47 Å². The highest BCUT2D eigenvalue weighted by atomic mass is 35.5. The summed E-state index contributed by atoms with van der Waals surface area (Å²) in [6, 6.07) is 5.17. The van der Waals surface area contributed by atoms with Crippen molar-refractivity contribution in [2.24, 2.45) is 5.41 Å². The van der Waals surface area contributed by atoms with Gasteiger partial charge in [-0.25, -0.2) is 4.79 Å². The van der Waals surface area contributed by atoms with Crippen molar-refractivity contribution in [2.75, 3.05) is 39.2 Å². The van der Waals surface area contributed by atoms with Gasteiger partial charge >= 0.3 is 5.97 Å². The second-order valence-corrected chi connectivity index (χ2v) is 5.94. The molecule has 0 bridgehead atoms. The number of nitrogens with one attached hydrogen (secondary N) is 2. The van der Waals surface area contributed by atoms with Crippen LogP contribution in [0.25, 0.3) is 0 Å². The molecule has 0 saturated carbocycles. The number of aryl methyl sites for hydroxylation is 1. The Morgan fingerprint density at radius 2 is 1.92 bits per heavy atom. The summed E-state index contributed by atoms with van der Waals surface area (Å²) in [4.78, 5) is 24.4. The van der Waals surface area contributed by atoms with E-state index in [0.717, 1.165) is 31.5 Å². The van der Waals surface area contributed by atoms with Crippen LogP contribution in [0, 0.1) is 12.3 Å². The summed E-state index contributed by atoms with van der Waals surface area (Å²) in [5.74, 6) is -0.416. The normalized spacial score (nSPS) is 16.0. The van der Waals surface area contributed by atoms with E-state index in [1.165, 1.54) is 7.11 Å². The lowest BCUT2D eigenvalue weighted by molar-refractivity contribution is -0.130. The Morgan fingerprint density at radius 3 is 2.46 bits per heavy atom. The zero-order valence-electron chi connectivity index (χ0n) is 14.3. The highest BCUT2D eigenvalue weighted by Crippen LogP contribution is 2.31. The number of carbonyl (C=O) groups excluding carboxylic acids is 2. The third-order valence-electron chi connectivity index (χ3n) is 4.35. The molecule has 7 heteroatoms. The largest absolute Gasteiger partial charge is 0.465 e. The van der Waals surface area contributed by atoms with E-state index in [2.05, 4.69) is 10.6 Å². The average molecular weight is 357 g/mol. The lowest BCUT2D eigenvalue weighted by atomic mass is 9.78. The molecule has 2 rings (SSSR count). The van der Waals surface area contributed by atoms with E-state index in [1.54, 1.807) is 25.3 Å². The molecule has 0 aliphatic carbocycles. The van der Waals surface area contributed by atoms with Crippen LogP contribution in [0.1, 0.15) is 28.8 Å². The molecule has 1 aromatic rings. The minimum atomic E-state index is -0.505. The quantitative estimate of drug-likeness (QED) is 0.791. The van der Waals surface area contributed by atoms with Crippen molar-refractivity contribution < 1.29 is 19.1 Å². The Morgan fingerprint density at radius 1 is 1.25 bits per heavy atom. The first-order chi connectivity index (χ1) is 11.0. The number of carbonyl (C=O) groups is 2. The van der Waals surface area contributed by atoms with Crippen LogP contribution in [0.3, 0.4) is 0 Å². The van der Waals surface area contributed by atoms with Gasteiger partial charge in [-0.3, -0.25) is 4.79 Å². The Balaban J connectivity index is 0.00000288. The summed E-state index contributed by atoms with van der Waals surface area (Å²) in [7, 11) is 2.97. The monoisotopic (exact) mass is 356 g/mol. The molecule has 6 nitrogen and oxygen atoms in total. The van der Waals surface area contributed by atoms with Crippen LogP contribution in [0.4, 0.5) is 5.69 Å². The fraction of sp³-hybridized carbons (Fsp3) is 0.529. The molecule has 24 heavy (non-hydrogen) atoms. The SMILES string of the molecule is COCC1(C(=O)Nc2ccc(C(=O)OC)c(C)c2)CCNCC1.Cl. The standard InChI is InChI=1S/C17H24N2O4.ClH/c1-12-10-13(4-5-14(12)15(20)23-3)19-16(21)17(11-22-2)6-8-18-9-7-17;/h4-5,10,18H,6-9,11H2,1-3H3,(H,19,21);1H. The van der Waals surface area contributed by atoms with Gasteiger partial charge in [0.1, 0.15) is 0 Å². The van der Waals surface area contributed by atoms with E-state index >= 15 is 0 Å². The van der Waals surface area contributed by atoms with Gasteiger partial charge < -0.3 is 20.1 Å². The van der Waals surface area contributed by atoms with Gasteiger partial charge in [-0.1, -0.05) is 0 Å². The number of anilines is 1. The van der Waals surface area contributed by atoms with Gasteiger partial charge in [-0.05, 0) is 56.6 Å². The third kappa shape index (κ3) is 4.47. The molecular weight excluding hydrogens is 332 g/mol. The van der Waals surface area contributed by atoms with Crippen LogP contribution < -0.4 is 10.6 Å². The minimum Gasteiger partial charge on any atom is -0.465 e. The maximum Gasteiger partial charge on any atom is 0.338 e. The average Bonchev–Trinajstić information content (AvgIpc) is 2.55. The van der Waals surface area contributed by atoms with E-state index in [1.807, 2.05) is 6.92 Å². The topological polar surface area (TPSA) is 76.7 Å². The third-order valence-corrected chi connectivity index (χ3v) is 4.35. The van der Waals surface area contributed by atoms with Crippen molar-refractivity contribution in [1.29, 1.82) is 0 Å². The van der Waals surface area contributed by atoms with Crippen molar-refractivity contribution in [3.8, 4) is 0 Å². The van der Waals surface area contributed by atoms with Crippen LogP contribution in [0.15, 0.2) is 18.2 Å². The van der Waals surface area contributed by atoms with Gasteiger partial charge in [0.05, 0.1) is 24.7 Å². The maximum absolute atomic E-state index is 12.8. The fourth-order valence-corrected chi connectivity index (χ4v) is 2.96. The molecule has 1 saturated heterocycles. The molecule has 134 valence electrons. The molecule has 1 aliphatic heterocycles. The summed E-state index contributed by atoms with van der Waals surface area (Å²) in [5, 5.41) is 6.23. The van der Waals surface area contributed by atoms with Gasteiger partial charge in [0, 0.05) is 12.8 Å². The molecular formula is C17H25ClN2O4. The Bertz CT molecular complexity index is 580. The van der Waals surface area contributed by atoms with Crippen LogP contribution in [-0.4, -0.2) is 45.8 Å². The molecule has 1 aromatic carbocycles. The lowest BCUT2D eigenvalue weighted by Gasteiger charge is -2.35. The van der Waals surface area contributed by atoms with Crippen LogP contribution in [-0.2, 0) is 14.3 Å². The van der Waals surface area contributed by atoms with E-state index in [0.29, 0.717) is 17.9 Å². The Kier molecular flexibility index (Phi) is 7.66. The van der Waals surface area contributed by atoms with Gasteiger partial charge in [-0.15, -0.1) is 12.4 Å². The zero-order valence-corrected chi connectivity index (χ0v) is 15.1. The van der Waals surface area contributed by atoms with Gasteiger partial charge in [0.25, 0.3) is 0 Å². The van der Waals surface area contributed by atoms with Crippen molar-refractivity contribution in [3.05, 3.63) is 29.3 Å². The minimum absolute atomic E-state index is 0. The number of ether oxygens (including phenoxy) is 2.